The van der Waals surface area contributed by atoms with Gasteiger partial charge in [0.05, 0.1) is 0 Å². The van der Waals surface area contributed by atoms with Gasteiger partial charge in [0.25, 0.3) is 0 Å². The zero-order valence-electron chi connectivity index (χ0n) is 9.35. The van der Waals surface area contributed by atoms with Gasteiger partial charge in [-0.25, -0.2) is 0 Å². The Bertz CT molecular complexity index is 504. The molecule has 0 amide bonds. The molecule has 0 heterocycles. The summed E-state index contributed by atoms with van der Waals surface area (Å²) in [6.07, 6.45) is 4.42. The summed E-state index contributed by atoms with van der Waals surface area (Å²) in [5.41, 5.74) is 5.64. The fourth-order valence-corrected chi connectivity index (χ4v) is 2.59. The predicted octanol–water partition coefficient (Wildman–Crippen LogP) is 4.38. The van der Waals surface area contributed by atoms with Gasteiger partial charge in [0.2, 0.25) is 0 Å². The van der Waals surface area contributed by atoms with E-state index in [1.807, 2.05) is 0 Å². The molecule has 78 valence electrons. The standard InChI is InChI=1S/C16H14/c1-2-7-12-13-8-3-5-10-15(13)16-11-6-4-9-14(12)16/h2-12H,1H3. The van der Waals surface area contributed by atoms with Crippen LogP contribution in [-0.2, 0) is 0 Å². The second-order valence-electron chi connectivity index (χ2n) is 4.18. The summed E-state index contributed by atoms with van der Waals surface area (Å²) in [4.78, 5) is 0. The zero-order chi connectivity index (χ0) is 11.0. The van der Waals surface area contributed by atoms with E-state index in [1.165, 1.54) is 22.3 Å². The van der Waals surface area contributed by atoms with Crippen LogP contribution in [0.5, 0.6) is 0 Å². The van der Waals surface area contributed by atoms with Crippen molar-refractivity contribution in [3.05, 3.63) is 71.8 Å². The average Bonchev–Trinajstić information content (AvgIpc) is 2.66. The SMILES string of the molecule is CC=CC1c2ccccc2-c2ccccc21. The minimum absolute atomic E-state index is 0.442. The van der Waals surface area contributed by atoms with Crippen LogP contribution in [0, 0.1) is 0 Å². The van der Waals surface area contributed by atoms with E-state index in [-0.39, 0.29) is 0 Å². The lowest BCUT2D eigenvalue weighted by Gasteiger charge is -2.07. The third-order valence-corrected chi connectivity index (χ3v) is 3.27. The minimum Gasteiger partial charge on any atom is -0.0907 e. The van der Waals surface area contributed by atoms with Gasteiger partial charge in [0, 0.05) is 5.92 Å². The number of hydrogen-bond donors (Lipinski definition) is 0. The fourth-order valence-electron chi connectivity index (χ4n) is 2.59. The molecule has 1 aliphatic carbocycles. The Morgan fingerprint density at radius 2 is 1.31 bits per heavy atom. The van der Waals surface area contributed by atoms with Gasteiger partial charge in [-0.1, -0.05) is 60.7 Å². The number of hydrogen-bond acceptors (Lipinski definition) is 0. The number of fused-ring (bicyclic) bond motifs is 3. The second kappa shape index (κ2) is 3.64. The molecule has 0 bridgehead atoms. The van der Waals surface area contributed by atoms with Gasteiger partial charge in [-0.3, -0.25) is 0 Å². The van der Waals surface area contributed by atoms with Crippen LogP contribution in [0.1, 0.15) is 24.0 Å². The summed E-state index contributed by atoms with van der Waals surface area (Å²) in [5, 5.41) is 0. The van der Waals surface area contributed by atoms with Crippen LogP contribution >= 0.6 is 0 Å². The van der Waals surface area contributed by atoms with Crippen molar-refractivity contribution >= 4 is 0 Å². The molecule has 0 heteroatoms. The van der Waals surface area contributed by atoms with Gasteiger partial charge in [-0.2, -0.15) is 0 Å². The normalized spacial score (nSPS) is 14.1. The van der Waals surface area contributed by atoms with Crippen molar-refractivity contribution < 1.29 is 0 Å². The third kappa shape index (κ3) is 1.23. The summed E-state index contributed by atoms with van der Waals surface area (Å²) in [7, 11) is 0. The van der Waals surface area contributed by atoms with Gasteiger partial charge in [0.15, 0.2) is 0 Å². The Kier molecular flexibility index (Phi) is 2.14. The smallest absolute Gasteiger partial charge is 0.0281 e. The topological polar surface area (TPSA) is 0 Å². The highest BCUT2D eigenvalue weighted by Gasteiger charge is 2.25. The molecular weight excluding hydrogens is 192 g/mol. The van der Waals surface area contributed by atoms with Gasteiger partial charge in [-0.05, 0) is 29.2 Å². The highest BCUT2D eigenvalue weighted by atomic mass is 14.3. The Labute approximate surface area is 96.3 Å². The van der Waals surface area contributed by atoms with Gasteiger partial charge in [-0.15, -0.1) is 0 Å². The molecule has 0 saturated heterocycles. The van der Waals surface area contributed by atoms with Crippen LogP contribution < -0.4 is 0 Å². The molecule has 0 spiro atoms. The first-order chi connectivity index (χ1) is 7.92. The lowest BCUT2D eigenvalue weighted by atomic mass is 9.97. The van der Waals surface area contributed by atoms with Crippen molar-refractivity contribution in [1.82, 2.24) is 0 Å². The largest absolute Gasteiger partial charge is 0.0907 e. The summed E-state index contributed by atoms with van der Waals surface area (Å²) in [5.74, 6) is 0.442. The van der Waals surface area contributed by atoms with E-state index in [0.29, 0.717) is 5.92 Å². The summed E-state index contributed by atoms with van der Waals surface area (Å²) >= 11 is 0. The summed E-state index contributed by atoms with van der Waals surface area (Å²) in [6, 6.07) is 17.4. The quantitative estimate of drug-likeness (QED) is 0.607. The molecule has 2 aromatic carbocycles. The van der Waals surface area contributed by atoms with E-state index < -0.39 is 0 Å². The van der Waals surface area contributed by atoms with E-state index in [4.69, 9.17) is 0 Å². The highest BCUT2D eigenvalue weighted by molar-refractivity contribution is 5.79. The fraction of sp³-hybridized carbons (Fsp3) is 0.125. The molecule has 1 aliphatic rings. The second-order valence-corrected chi connectivity index (χ2v) is 4.18. The molecule has 0 N–H and O–H groups in total. The van der Waals surface area contributed by atoms with Crippen LogP contribution in [0.4, 0.5) is 0 Å². The van der Waals surface area contributed by atoms with E-state index in [1.54, 1.807) is 0 Å². The van der Waals surface area contributed by atoms with E-state index in [9.17, 15) is 0 Å². The summed E-state index contributed by atoms with van der Waals surface area (Å²) < 4.78 is 0. The van der Waals surface area contributed by atoms with Crippen molar-refractivity contribution in [2.45, 2.75) is 12.8 Å². The lowest BCUT2D eigenvalue weighted by molar-refractivity contribution is 1.07. The van der Waals surface area contributed by atoms with Gasteiger partial charge < -0.3 is 0 Å². The molecule has 0 atom stereocenters. The number of allylic oxidation sites excluding steroid dienone is 2. The first kappa shape index (κ1) is 9.41. The maximum absolute atomic E-state index is 2.28. The minimum atomic E-state index is 0.442. The molecule has 16 heavy (non-hydrogen) atoms. The van der Waals surface area contributed by atoms with Gasteiger partial charge >= 0.3 is 0 Å². The van der Waals surface area contributed by atoms with Gasteiger partial charge in [0.1, 0.15) is 0 Å². The molecule has 0 saturated carbocycles. The lowest BCUT2D eigenvalue weighted by Crippen LogP contribution is -1.90. The third-order valence-electron chi connectivity index (χ3n) is 3.27. The van der Waals surface area contributed by atoms with E-state index >= 15 is 0 Å². The number of benzene rings is 2. The zero-order valence-corrected chi connectivity index (χ0v) is 9.35. The maximum Gasteiger partial charge on any atom is 0.0281 e. The van der Waals surface area contributed by atoms with Crippen molar-refractivity contribution in [2.24, 2.45) is 0 Å². The Morgan fingerprint density at radius 1 is 0.812 bits per heavy atom. The molecule has 0 unspecified atom stereocenters. The van der Waals surface area contributed by atoms with Crippen LogP contribution in [0.3, 0.4) is 0 Å². The van der Waals surface area contributed by atoms with Crippen molar-refractivity contribution in [3.8, 4) is 11.1 Å². The monoisotopic (exact) mass is 206 g/mol. The van der Waals surface area contributed by atoms with E-state index in [0.717, 1.165) is 0 Å². The van der Waals surface area contributed by atoms with Crippen LogP contribution in [0.2, 0.25) is 0 Å². The number of rotatable bonds is 1. The van der Waals surface area contributed by atoms with Crippen LogP contribution in [-0.4, -0.2) is 0 Å². The molecule has 0 radical (unpaired) electrons. The van der Waals surface area contributed by atoms with Crippen molar-refractivity contribution in [1.29, 1.82) is 0 Å². The first-order valence-corrected chi connectivity index (χ1v) is 5.73. The molecule has 0 nitrogen and oxygen atoms in total. The highest BCUT2D eigenvalue weighted by Crippen LogP contribution is 2.44. The molecule has 0 aliphatic heterocycles. The van der Waals surface area contributed by atoms with Crippen LogP contribution in [0.15, 0.2) is 60.7 Å². The average molecular weight is 206 g/mol. The molecule has 0 fully saturated rings. The Morgan fingerprint density at radius 3 is 1.81 bits per heavy atom. The summed E-state index contributed by atoms with van der Waals surface area (Å²) in [6.45, 7) is 2.09. The Balaban J connectivity index is 2.29. The Hall–Kier alpha value is -1.82. The van der Waals surface area contributed by atoms with Crippen molar-refractivity contribution in [3.63, 3.8) is 0 Å². The van der Waals surface area contributed by atoms with Crippen LogP contribution in [0.25, 0.3) is 11.1 Å². The molecule has 0 aromatic heterocycles. The predicted molar refractivity (Wildman–Crippen MR) is 68.5 cm³/mol. The first-order valence-electron chi connectivity index (χ1n) is 5.73. The maximum atomic E-state index is 2.28. The van der Waals surface area contributed by atoms with Crippen molar-refractivity contribution in [2.75, 3.05) is 0 Å². The molecule has 3 rings (SSSR count). The molecule has 2 aromatic rings. The van der Waals surface area contributed by atoms with E-state index in [2.05, 4.69) is 67.6 Å². The molecular formula is C16H14.